The maximum atomic E-state index is 11.2. The average molecular weight is 323 g/mol. The van der Waals surface area contributed by atoms with Gasteiger partial charge in [0.05, 0.1) is 17.9 Å². The second kappa shape index (κ2) is 7.58. The van der Waals surface area contributed by atoms with Crippen molar-refractivity contribution in [2.45, 2.75) is 18.9 Å². The Morgan fingerprint density at radius 3 is 2.77 bits per heavy atom. The monoisotopic (exact) mass is 323 g/mol. The molecule has 22 heavy (non-hydrogen) atoms. The predicted octanol–water partition coefficient (Wildman–Crippen LogP) is 0.951. The fourth-order valence-corrected chi connectivity index (χ4v) is 3.37. The molecule has 6 nitrogen and oxygen atoms in total. The number of ether oxygens (including phenoxy) is 1. The number of piperidine rings is 1. The zero-order valence-corrected chi connectivity index (χ0v) is 13.5. The summed E-state index contributed by atoms with van der Waals surface area (Å²) < 4.78 is 30.7. The van der Waals surface area contributed by atoms with Gasteiger partial charge in [0.25, 0.3) is 0 Å². The second-order valence-electron chi connectivity index (χ2n) is 5.49. The highest BCUT2D eigenvalue weighted by molar-refractivity contribution is 7.88. The van der Waals surface area contributed by atoms with Gasteiger partial charge in [0.2, 0.25) is 10.0 Å². The van der Waals surface area contributed by atoms with Gasteiger partial charge in [-0.3, -0.25) is 4.90 Å². The molecule has 0 bridgehead atoms. The smallest absolute Gasteiger partial charge is 0.208 e. The highest BCUT2D eigenvalue weighted by atomic mass is 32.2. The third-order valence-corrected chi connectivity index (χ3v) is 4.37. The van der Waals surface area contributed by atoms with E-state index in [4.69, 9.17) is 10.00 Å². The van der Waals surface area contributed by atoms with Crippen LogP contribution in [0.2, 0.25) is 0 Å². The van der Waals surface area contributed by atoms with Crippen molar-refractivity contribution in [3.8, 4) is 11.8 Å². The highest BCUT2D eigenvalue weighted by Crippen LogP contribution is 2.14. The maximum absolute atomic E-state index is 11.2. The lowest BCUT2D eigenvalue weighted by Gasteiger charge is -2.31. The molecule has 1 heterocycles. The number of nitriles is 1. The molecule has 7 heteroatoms. The summed E-state index contributed by atoms with van der Waals surface area (Å²) in [5.74, 6) is 0.702. The molecule has 1 N–H and O–H groups in total. The molecule has 0 aliphatic carbocycles. The summed E-state index contributed by atoms with van der Waals surface area (Å²) in [6.07, 6.45) is 2.83. The maximum Gasteiger partial charge on any atom is 0.208 e. The van der Waals surface area contributed by atoms with Crippen molar-refractivity contribution in [1.29, 1.82) is 5.26 Å². The van der Waals surface area contributed by atoms with Crippen molar-refractivity contribution >= 4 is 10.0 Å². The Kier molecular flexibility index (Phi) is 5.77. The van der Waals surface area contributed by atoms with E-state index in [9.17, 15) is 8.42 Å². The van der Waals surface area contributed by atoms with Crippen molar-refractivity contribution < 1.29 is 13.2 Å². The molecule has 1 saturated heterocycles. The molecule has 0 amide bonds. The van der Waals surface area contributed by atoms with E-state index in [1.54, 1.807) is 18.2 Å². The van der Waals surface area contributed by atoms with Gasteiger partial charge in [-0.15, -0.1) is 0 Å². The first-order valence-corrected chi connectivity index (χ1v) is 9.18. The highest BCUT2D eigenvalue weighted by Gasteiger charge is 2.21. The molecule has 0 saturated carbocycles. The lowest BCUT2D eigenvalue weighted by atomic mass is 10.1. The van der Waals surface area contributed by atoms with Gasteiger partial charge < -0.3 is 4.74 Å². The number of nitrogens with one attached hydrogen (secondary N) is 1. The Bertz CT molecular complexity index is 632. The molecule has 0 radical (unpaired) electrons. The number of hydrogen-bond acceptors (Lipinski definition) is 5. The van der Waals surface area contributed by atoms with Crippen LogP contribution in [-0.2, 0) is 10.0 Å². The van der Waals surface area contributed by atoms with Gasteiger partial charge in [-0.25, -0.2) is 13.1 Å². The number of nitrogens with zero attached hydrogens (tertiary/aromatic N) is 2. The first-order chi connectivity index (χ1) is 10.5. The molecule has 1 aromatic rings. The van der Waals surface area contributed by atoms with E-state index in [1.807, 2.05) is 6.07 Å². The van der Waals surface area contributed by atoms with Crippen molar-refractivity contribution in [3.05, 3.63) is 29.8 Å². The molecule has 0 atom stereocenters. The van der Waals surface area contributed by atoms with Gasteiger partial charge in [0.15, 0.2) is 0 Å². The molecular weight excluding hydrogens is 302 g/mol. The number of benzene rings is 1. The molecular formula is C15H21N3O3S. The summed E-state index contributed by atoms with van der Waals surface area (Å²) in [4.78, 5) is 2.26. The minimum absolute atomic E-state index is 0.0412. The predicted molar refractivity (Wildman–Crippen MR) is 84.1 cm³/mol. The molecule has 1 fully saturated rings. The molecule has 0 unspecified atom stereocenters. The van der Waals surface area contributed by atoms with Gasteiger partial charge in [-0.2, -0.15) is 5.26 Å². The fourth-order valence-electron chi connectivity index (χ4n) is 2.53. The van der Waals surface area contributed by atoms with Crippen LogP contribution in [-0.4, -0.2) is 51.9 Å². The molecule has 1 aliphatic rings. The first-order valence-electron chi connectivity index (χ1n) is 7.29. The summed E-state index contributed by atoms with van der Waals surface area (Å²) in [7, 11) is -3.12. The van der Waals surface area contributed by atoms with Crippen LogP contribution >= 0.6 is 0 Å². The quantitative estimate of drug-likeness (QED) is 0.843. The van der Waals surface area contributed by atoms with E-state index >= 15 is 0 Å². The van der Waals surface area contributed by atoms with Crippen LogP contribution in [0.4, 0.5) is 0 Å². The van der Waals surface area contributed by atoms with Crippen LogP contribution in [0.1, 0.15) is 18.4 Å². The van der Waals surface area contributed by atoms with Crippen LogP contribution in [0.3, 0.4) is 0 Å². The van der Waals surface area contributed by atoms with Crippen LogP contribution in [0.5, 0.6) is 5.75 Å². The summed E-state index contributed by atoms with van der Waals surface area (Å²) >= 11 is 0. The zero-order valence-electron chi connectivity index (χ0n) is 12.7. The minimum atomic E-state index is -3.12. The van der Waals surface area contributed by atoms with Gasteiger partial charge in [-0.05, 0) is 44.1 Å². The first kappa shape index (κ1) is 16.7. The number of rotatable bonds is 6. The Morgan fingerprint density at radius 2 is 2.14 bits per heavy atom. The summed E-state index contributed by atoms with van der Waals surface area (Å²) in [5, 5.41) is 8.83. The normalized spacial score (nSPS) is 17.1. The van der Waals surface area contributed by atoms with E-state index in [-0.39, 0.29) is 6.04 Å². The summed E-state index contributed by atoms with van der Waals surface area (Å²) in [6.45, 7) is 3.06. The third-order valence-electron chi connectivity index (χ3n) is 3.61. The molecule has 1 aliphatic heterocycles. The molecule has 1 aromatic carbocycles. The Morgan fingerprint density at radius 1 is 1.41 bits per heavy atom. The molecule has 0 spiro atoms. The van der Waals surface area contributed by atoms with Crippen molar-refractivity contribution in [1.82, 2.24) is 9.62 Å². The van der Waals surface area contributed by atoms with Crippen molar-refractivity contribution in [2.24, 2.45) is 0 Å². The SMILES string of the molecule is CS(=O)(=O)NC1CCN(CCOc2cccc(C#N)c2)CC1. The molecule has 2 rings (SSSR count). The second-order valence-corrected chi connectivity index (χ2v) is 7.27. The van der Waals surface area contributed by atoms with Gasteiger partial charge in [0, 0.05) is 12.6 Å². The van der Waals surface area contributed by atoms with E-state index in [2.05, 4.69) is 15.7 Å². The lowest BCUT2D eigenvalue weighted by molar-refractivity contribution is 0.170. The summed E-state index contributed by atoms with van der Waals surface area (Å²) in [6, 6.07) is 9.23. The number of likely N-dealkylation sites (tertiary alicyclic amines) is 1. The topological polar surface area (TPSA) is 82.4 Å². The molecule has 120 valence electrons. The average Bonchev–Trinajstić information content (AvgIpc) is 2.48. The van der Waals surface area contributed by atoms with Crippen LogP contribution in [0.25, 0.3) is 0 Å². The lowest BCUT2D eigenvalue weighted by Crippen LogP contribution is -2.45. The Labute approximate surface area is 131 Å². The van der Waals surface area contributed by atoms with Gasteiger partial charge in [0.1, 0.15) is 12.4 Å². The summed E-state index contributed by atoms with van der Waals surface area (Å²) in [5.41, 5.74) is 0.588. The number of hydrogen-bond donors (Lipinski definition) is 1. The number of sulfonamides is 1. The minimum Gasteiger partial charge on any atom is -0.492 e. The van der Waals surface area contributed by atoms with Gasteiger partial charge in [-0.1, -0.05) is 6.07 Å². The van der Waals surface area contributed by atoms with Crippen LogP contribution < -0.4 is 9.46 Å². The standard InChI is InChI=1S/C15H21N3O3S/c1-22(19,20)17-14-5-7-18(8-6-14)9-10-21-15-4-2-3-13(11-15)12-16/h2-4,11,14,17H,5-10H2,1H3. The van der Waals surface area contributed by atoms with Crippen molar-refractivity contribution in [2.75, 3.05) is 32.5 Å². The van der Waals surface area contributed by atoms with E-state index in [1.165, 1.54) is 6.26 Å². The Hall–Kier alpha value is -1.62. The van der Waals surface area contributed by atoms with E-state index in [0.717, 1.165) is 32.5 Å². The molecule has 0 aromatic heterocycles. The zero-order chi connectivity index (χ0) is 16.0. The van der Waals surface area contributed by atoms with E-state index < -0.39 is 10.0 Å². The van der Waals surface area contributed by atoms with Crippen LogP contribution in [0, 0.1) is 11.3 Å². The Balaban J connectivity index is 1.70. The fraction of sp³-hybridized carbons (Fsp3) is 0.533. The largest absolute Gasteiger partial charge is 0.492 e. The third kappa shape index (κ3) is 5.64. The van der Waals surface area contributed by atoms with Gasteiger partial charge >= 0.3 is 0 Å². The van der Waals surface area contributed by atoms with Crippen molar-refractivity contribution in [3.63, 3.8) is 0 Å². The van der Waals surface area contributed by atoms with E-state index in [0.29, 0.717) is 17.9 Å². The van der Waals surface area contributed by atoms with Crippen LogP contribution in [0.15, 0.2) is 24.3 Å².